The third kappa shape index (κ3) is 3.70. The molecule has 2 heterocycles. The highest BCUT2D eigenvalue weighted by Gasteiger charge is 2.43. The summed E-state index contributed by atoms with van der Waals surface area (Å²) >= 11 is 0. The van der Waals surface area contributed by atoms with Crippen LogP contribution in [0.2, 0.25) is 0 Å². The van der Waals surface area contributed by atoms with Crippen LogP contribution in [0.15, 0.2) is 10.7 Å². The molecule has 0 saturated heterocycles. The van der Waals surface area contributed by atoms with E-state index in [1.165, 1.54) is 5.56 Å². The second-order valence-corrected chi connectivity index (χ2v) is 8.07. The third-order valence-electron chi connectivity index (χ3n) is 6.36. The fourth-order valence-electron chi connectivity index (χ4n) is 4.50. The lowest BCUT2D eigenvalue weighted by Gasteiger charge is -2.30. The molecule has 0 aliphatic heterocycles. The van der Waals surface area contributed by atoms with Crippen LogP contribution >= 0.6 is 0 Å². The topological polar surface area (TPSA) is 99.9 Å². The predicted octanol–water partition coefficient (Wildman–Crippen LogP) is 2.33. The van der Waals surface area contributed by atoms with E-state index in [4.69, 9.17) is 4.52 Å². The van der Waals surface area contributed by atoms with Gasteiger partial charge in [0.1, 0.15) is 5.54 Å². The standard InChI is InChI=1S/C20H30N6O2/c1-3-26(4-2)13-17-22-19(25-28-17)20(9-5-6-10-20)23-18(27)14-7-8-15-12-21-24-16(15)11-14/h12,14H,3-11,13H2,1-2H3,(H,21,24)(H,23,27). The van der Waals surface area contributed by atoms with E-state index < -0.39 is 5.54 Å². The van der Waals surface area contributed by atoms with Gasteiger partial charge in [-0.3, -0.25) is 14.8 Å². The van der Waals surface area contributed by atoms with Crippen molar-refractivity contribution in [2.45, 2.75) is 70.9 Å². The maximum absolute atomic E-state index is 13.1. The Hall–Kier alpha value is -2.22. The zero-order valence-electron chi connectivity index (χ0n) is 16.8. The van der Waals surface area contributed by atoms with Gasteiger partial charge < -0.3 is 9.84 Å². The van der Waals surface area contributed by atoms with Gasteiger partial charge in [-0.1, -0.05) is 31.8 Å². The number of hydrogen-bond donors (Lipinski definition) is 2. The van der Waals surface area contributed by atoms with Gasteiger partial charge in [-0.2, -0.15) is 10.1 Å². The third-order valence-corrected chi connectivity index (χ3v) is 6.36. The van der Waals surface area contributed by atoms with Gasteiger partial charge >= 0.3 is 0 Å². The van der Waals surface area contributed by atoms with Crippen LogP contribution in [0.5, 0.6) is 0 Å². The van der Waals surface area contributed by atoms with Crippen molar-refractivity contribution in [3.8, 4) is 0 Å². The van der Waals surface area contributed by atoms with E-state index in [1.807, 2.05) is 6.20 Å². The van der Waals surface area contributed by atoms with Crippen molar-refractivity contribution >= 4 is 5.91 Å². The lowest BCUT2D eigenvalue weighted by atomic mass is 9.86. The number of amides is 1. The van der Waals surface area contributed by atoms with Gasteiger partial charge in [0.05, 0.1) is 12.7 Å². The van der Waals surface area contributed by atoms with E-state index >= 15 is 0 Å². The van der Waals surface area contributed by atoms with Crippen molar-refractivity contribution in [2.24, 2.45) is 5.92 Å². The maximum atomic E-state index is 13.1. The van der Waals surface area contributed by atoms with Crippen LogP contribution in [0.4, 0.5) is 0 Å². The summed E-state index contributed by atoms with van der Waals surface area (Å²) in [6.45, 7) is 6.76. The molecule has 0 radical (unpaired) electrons. The first-order chi connectivity index (χ1) is 13.6. The lowest BCUT2D eigenvalue weighted by molar-refractivity contribution is -0.127. The first-order valence-corrected chi connectivity index (χ1v) is 10.5. The average molecular weight is 387 g/mol. The number of nitrogens with one attached hydrogen (secondary N) is 2. The SMILES string of the molecule is CCN(CC)Cc1nc(C2(NC(=O)C3CCc4cn[nH]c4C3)CCCC2)no1. The summed E-state index contributed by atoms with van der Waals surface area (Å²) in [4.78, 5) is 20.0. The molecule has 2 aromatic rings. The second-order valence-electron chi connectivity index (χ2n) is 8.07. The van der Waals surface area contributed by atoms with E-state index in [0.717, 1.165) is 63.7 Å². The first-order valence-electron chi connectivity index (χ1n) is 10.5. The van der Waals surface area contributed by atoms with Crippen LogP contribution in [0.25, 0.3) is 0 Å². The molecule has 4 rings (SSSR count). The Balaban J connectivity index is 1.48. The molecule has 152 valence electrons. The van der Waals surface area contributed by atoms with Gasteiger partial charge in [0.2, 0.25) is 11.8 Å². The molecule has 1 amide bonds. The molecule has 1 saturated carbocycles. The van der Waals surface area contributed by atoms with Crippen molar-refractivity contribution < 1.29 is 9.32 Å². The minimum atomic E-state index is -0.490. The van der Waals surface area contributed by atoms with Crippen molar-refractivity contribution in [3.05, 3.63) is 29.2 Å². The Bertz CT molecular complexity index is 803. The number of nitrogens with zero attached hydrogens (tertiary/aromatic N) is 4. The van der Waals surface area contributed by atoms with Gasteiger partial charge in [0.25, 0.3) is 0 Å². The summed E-state index contributed by atoms with van der Waals surface area (Å²) in [6, 6.07) is 0. The molecule has 2 aliphatic rings. The van der Waals surface area contributed by atoms with Gasteiger partial charge in [-0.15, -0.1) is 0 Å². The smallest absolute Gasteiger partial charge is 0.240 e. The second kappa shape index (κ2) is 8.03. The van der Waals surface area contributed by atoms with Crippen LogP contribution in [-0.4, -0.2) is 44.2 Å². The van der Waals surface area contributed by atoms with Crippen molar-refractivity contribution in [1.82, 2.24) is 30.6 Å². The summed E-state index contributed by atoms with van der Waals surface area (Å²) < 4.78 is 5.53. The number of H-pyrrole nitrogens is 1. The normalized spacial score (nSPS) is 21.0. The lowest BCUT2D eigenvalue weighted by Crippen LogP contribution is -2.48. The van der Waals surface area contributed by atoms with Crippen molar-refractivity contribution in [1.29, 1.82) is 0 Å². The molecule has 0 spiro atoms. The number of hydrogen-bond acceptors (Lipinski definition) is 6. The molecule has 1 fully saturated rings. The molecule has 1 unspecified atom stereocenters. The number of carbonyl (C=O) groups is 1. The van der Waals surface area contributed by atoms with Gasteiger partial charge in [-0.25, -0.2) is 0 Å². The van der Waals surface area contributed by atoms with Crippen molar-refractivity contribution in [3.63, 3.8) is 0 Å². The zero-order chi connectivity index (χ0) is 19.6. The molecule has 2 aliphatic carbocycles. The van der Waals surface area contributed by atoms with Crippen LogP contribution in [-0.2, 0) is 29.7 Å². The summed E-state index contributed by atoms with van der Waals surface area (Å²) in [7, 11) is 0. The fraction of sp³-hybridized carbons (Fsp3) is 0.700. The molecule has 1 atom stereocenters. The van der Waals surface area contributed by atoms with Crippen LogP contribution in [0, 0.1) is 5.92 Å². The van der Waals surface area contributed by atoms with E-state index in [1.54, 1.807) is 0 Å². The number of rotatable bonds is 7. The number of aromatic nitrogens is 4. The van der Waals surface area contributed by atoms with E-state index in [0.29, 0.717) is 18.3 Å². The summed E-state index contributed by atoms with van der Waals surface area (Å²) in [6.07, 6.45) is 8.21. The molecule has 8 nitrogen and oxygen atoms in total. The summed E-state index contributed by atoms with van der Waals surface area (Å²) in [5.41, 5.74) is 1.84. The number of fused-ring (bicyclic) bond motifs is 1. The molecule has 28 heavy (non-hydrogen) atoms. The number of carbonyl (C=O) groups excluding carboxylic acids is 1. The molecule has 2 N–H and O–H groups in total. The Labute approximate surface area is 165 Å². The Morgan fingerprint density at radius 2 is 2.14 bits per heavy atom. The minimum absolute atomic E-state index is 0.0347. The van der Waals surface area contributed by atoms with Crippen LogP contribution < -0.4 is 5.32 Å². The quantitative estimate of drug-likeness (QED) is 0.757. The number of aromatic amines is 1. The molecular weight excluding hydrogens is 356 g/mol. The number of aryl methyl sites for hydroxylation is 1. The fourth-order valence-corrected chi connectivity index (χ4v) is 4.50. The van der Waals surface area contributed by atoms with E-state index in [2.05, 4.69) is 44.4 Å². The molecule has 0 aromatic carbocycles. The predicted molar refractivity (Wildman–Crippen MR) is 103 cm³/mol. The van der Waals surface area contributed by atoms with E-state index in [9.17, 15) is 4.79 Å². The molecular formula is C20H30N6O2. The average Bonchev–Trinajstić information content (AvgIpc) is 3.46. The van der Waals surface area contributed by atoms with Crippen LogP contribution in [0.3, 0.4) is 0 Å². The minimum Gasteiger partial charge on any atom is -0.343 e. The zero-order valence-corrected chi connectivity index (χ0v) is 16.8. The molecule has 2 aromatic heterocycles. The van der Waals surface area contributed by atoms with Gasteiger partial charge in [-0.05, 0) is 44.3 Å². The Morgan fingerprint density at radius 3 is 2.89 bits per heavy atom. The highest BCUT2D eigenvalue weighted by atomic mass is 16.5. The summed E-state index contributed by atoms with van der Waals surface area (Å²) in [5.74, 6) is 1.32. The largest absolute Gasteiger partial charge is 0.343 e. The Morgan fingerprint density at radius 1 is 1.36 bits per heavy atom. The van der Waals surface area contributed by atoms with Gasteiger partial charge in [0, 0.05) is 18.0 Å². The first kappa shape index (κ1) is 19.1. The van der Waals surface area contributed by atoms with Crippen molar-refractivity contribution in [2.75, 3.05) is 13.1 Å². The van der Waals surface area contributed by atoms with Gasteiger partial charge in [0.15, 0.2) is 5.82 Å². The highest BCUT2D eigenvalue weighted by molar-refractivity contribution is 5.80. The maximum Gasteiger partial charge on any atom is 0.240 e. The molecule has 8 heteroatoms. The monoisotopic (exact) mass is 386 g/mol. The van der Waals surface area contributed by atoms with Crippen LogP contribution in [0.1, 0.15) is 68.9 Å². The highest BCUT2D eigenvalue weighted by Crippen LogP contribution is 2.38. The summed E-state index contributed by atoms with van der Waals surface area (Å²) in [5, 5.41) is 14.7. The van der Waals surface area contributed by atoms with E-state index in [-0.39, 0.29) is 11.8 Å². The Kier molecular flexibility index (Phi) is 5.48. The molecule has 0 bridgehead atoms.